The summed E-state index contributed by atoms with van der Waals surface area (Å²) in [6.07, 6.45) is 4.32. The molecular weight excluding hydrogens is 316 g/mol. The van der Waals surface area contributed by atoms with Gasteiger partial charge in [0.1, 0.15) is 17.4 Å². The second-order valence-electron chi connectivity index (χ2n) is 6.08. The summed E-state index contributed by atoms with van der Waals surface area (Å²) in [4.78, 5) is 3.86. The molecular formula is C17H21F2N3O2. The molecule has 130 valence electrons. The standard InChI is InChI=1S/C17H21F2N3O2/c1-11-21-17(22-24-11)16-14(18)9-13(10-15(16)19)23-8-2-3-12-4-6-20-7-5-12/h9-10,12,20H,2-8H2,1H3. The smallest absolute Gasteiger partial charge is 0.223 e. The summed E-state index contributed by atoms with van der Waals surface area (Å²) < 4.78 is 38.6. The van der Waals surface area contributed by atoms with E-state index in [2.05, 4.69) is 15.5 Å². The number of ether oxygens (including phenoxy) is 1. The van der Waals surface area contributed by atoms with Crippen molar-refractivity contribution in [2.24, 2.45) is 5.92 Å². The quantitative estimate of drug-likeness (QED) is 0.818. The SMILES string of the molecule is Cc1nc(-c2c(F)cc(OCCCC3CCNCC3)cc2F)no1. The van der Waals surface area contributed by atoms with Gasteiger partial charge in [-0.15, -0.1) is 0 Å². The van der Waals surface area contributed by atoms with E-state index in [1.54, 1.807) is 6.92 Å². The summed E-state index contributed by atoms with van der Waals surface area (Å²) in [5.74, 6) is -0.471. The summed E-state index contributed by atoms with van der Waals surface area (Å²) in [5.41, 5.74) is -0.297. The minimum Gasteiger partial charge on any atom is -0.493 e. The molecule has 0 bridgehead atoms. The monoisotopic (exact) mass is 337 g/mol. The molecule has 7 heteroatoms. The Kier molecular flexibility index (Phi) is 5.40. The lowest BCUT2D eigenvalue weighted by Crippen LogP contribution is -2.27. The number of piperidine rings is 1. The predicted octanol–water partition coefficient (Wildman–Crippen LogP) is 3.48. The van der Waals surface area contributed by atoms with Crippen molar-refractivity contribution < 1.29 is 18.0 Å². The number of benzene rings is 1. The first-order chi connectivity index (χ1) is 11.6. The minimum atomic E-state index is -0.760. The Morgan fingerprint density at radius 3 is 2.58 bits per heavy atom. The van der Waals surface area contributed by atoms with Crippen LogP contribution < -0.4 is 10.1 Å². The Bertz CT molecular complexity index is 661. The highest BCUT2D eigenvalue weighted by Gasteiger charge is 2.19. The van der Waals surface area contributed by atoms with Crippen molar-refractivity contribution in [3.63, 3.8) is 0 Å². The normalized spacial score (nSPS) is 15.6. The van der Waals surface area contributed by atoms with Gasteiger partial charge in [0.15, 0.2) is 0 Å². The first-order valence-corrected chi connectivity index (χ1v) is 8.26. The fourth-order valence-corrected chi connectivity index (χ4v) is 2.98. The fourth-order valence-electron chi connectivity index (χ4n) is 2.98. The predicted molar refractivity (Wildman–Crippen MR) is 84.7 cm³/mol. The van der Waals surface area contributed by atoms with Crippen molar-refractivity contribution in [3.05, 3.63) is 29.7 Å². The van der Waals surface area contributed by atoms with Gasteiger partial charge in [-0.05, 0) is 44.7 Å². The zero-order chi connectivity index (χ0) is 16.9. The number of aromatic nitrogens is 2. The second kappa shape index (κ2) is 7.70. The topological polar surface area (TPSA) is 60.2 Å². The highest BCUT2D eigenvalue weighted by molar-refractivity contribution is 5.57. The Labute approximate surface area is 139 Å². The third-order valence-electron chi connectivity index (χ3n) is 4.25. The number of rotatable bonds is 6. The van der Waals surface area contributed by atoms with E-state index in [0.717, 1.165) is 38.1 Å². The van der Waals surface area contributed by atoms with Gasteiger partial charge in [0.25, 0.3) is 0 Å². The molecule has 1 aromatic heterocycles. The van der Waals surface area contributed by atoms with E-state index < -0.39 is 11.6 Å². The molecule has 0 radical (unpaired) electrons. The molecule has 0 atom stereocenters. The maximum Gasteiger partial charge on any atom is 0.223 e. The van der Waals surface area contributed by atoms with Crippen molar-refractivity contribution in [3.8, 4) is 17.1 Å². The van der Waals surface area contributed by atoms with Crippen LogP contribution in [0.2, 0.25) is 0 Å². The molecule has 0 amide bonds. The molecule has 1 aliphatic rings. The molecule has 1 aliphatic heterocycles. The molecule has 1 aromatic carbocycles. The van der Waals surface area contributed by atoms with Gasteiger partial charge in [-0.2, -0.15) is 4.98 Å². The Balaban J connectivity index is 1.56. The number of hydrogen-bond donors (Lipinski definition) is 1. The summed E-state index contributed by atoms with van der Waals surface area (Å²) in [6, 6.07) is 2.32. The van der Waals surface area contributed by atoms with Crippen LogP contribution in [0.15, 0.2) is 16.7 Å². The van der Waals surface area contributed by atoms with Gasteiger partial charge < -0.3 is 14.6 Å². The number of nitrogens with zero attached hydrogens (tertiary/aromatic N) is 2. The molecule has 0 unspecified atom stereocenters. The molecule has 1 N–H and O–H groups in total. The lowest BCUT2D eigenvalue weighted by atomic mass is 9.93. The van der Waals surface area contributed by atoms with Crippen molar-refractivity contribution in [2.45, 2.75) is 32.6 Å². The molecule has 3 rings (SSSR count). The molecule has 2 heterocycles. The van der Waals surface area contributed by atoms with Crippen LogP contribution in [-0.2, 0) is 0 Å². The number of aryl methyl sites for hydroxylation is 1. The van der Waals surface area contributed by atoms with Gasteiger partial charge in [0.05, 0.1) is 12.2 Å². The van der Waals surface area contributed by atoms with Gasteiger partial charge in [0.2, 0.25) is 11.7 Å². The molecule has 24 heavy (non-hydrogen) atoms. The van der Waals surface area contributed by atoms with E-state index in [4.69, 9.17) is 9.26 Å². The zero-order valence-corrected chi connectivity index (χ0v) is 13.6. The molecule has 0 spiro atoms. The van der Waals surface area contributed by atoms with Crippen molar-refractivity contribution >= 4 is 0 Å². The van der Waals surface area contributed by atoms with Crippen LogP contribution in [0.4, 0.5) is 8.78 Å². The van der Waals surface area contributed by atoms with Gasteiger partial charge in [-0.3, -0.25) is 0 Å². The number of halogens is 2. The summed E-state index contributed by atoms with van der Waals surface area (Å²) in [6.45, 7) is 4.15. The molecule has 0 aliphatic carbocycles. The van der Waals surface area contributed by atoms with Gasteiger partial charge in [0, 0.05) is 19.1 Å². The van der Waals surface area contributed by atoms with Gasteiger partial charge in [-0.1, -0.05) is 5.16 Å². The highest BCUT2D eigenvalue weighted by Crippen LogP contribution is 2.28. The average Bonchev–Trinajstić information content (AvgIpc) is 2.98. The Hall–Kier alpha value is -2.02. The van der Waals surface area contributed by atoms with Crippen LogP contribution >= 0.6 is 0 Å². The Morgan fingerprint density at radius 2 is 1.96 bits per heavy atom. The van der Waals surface area contributed by atoms with E-state index in [1.165, 1.54) is 12.8 Å². The number of nitrogens with one attached hydrogen (secondary N) is 1. The molecule has 1 fully saturated rings. The van der Waals surface area contributed by atoms with E-state index in [0.29, 0.717) is 12.5 Å². The van der Waals surface area contributed by atoms with Crippen molar-refractivity contribution in [1.29, 1.82) is 0 Å². The largest absolute Gasteiger partial charge is 0.493 e. The Morgan fingerprint density at radius 1 is 1.25 bits per heavy atom. The highest BCUT2D eigenvalue weighted by atomic mass is 19.1. The molecule has 0 saturated carbocycles. The molecule has 5 nitrogen and oxygen atoms in total. The van der Waals surface area contributed by atoms with E-state index in [9.17, 15) is 8.78 Å². The molecule has 1 saturated heterocycles. The summed E-state index contributed by atoms with van der Waals surface area (Å²) >= 11 is 0. The second-order valence-corrected chi connectivity index (χ2v) is 6.08. The first kappa shape index (κ1) is 16.8. The summed E-state index contributed by atoms with van der Waals surface area (Å²) in [7, 11) is 0. The van der Waals surface area contributed by atoms with Gasteiger partial charge >= 0.3 is 0 Å². The first-order valence-electron chi connectivity index (χ1n) is 8.26. The lowest BCUT2D eigenvalue weighted by molar-refractivity contribution is 0.272. The van der Waals surface area contributed by atoms with Crippen LogP contribution in [0.25, 0.3) is 11.4 Å². The van der Waals surface area contributed by atoms with Crippen molar-refractivity contribution in [1.82, 2.24) is 15.5 Å². The van der Waals surface area contributed by atoms with E-state index in [-0.39, 0.29) is 23.0 Å². The maximum atomic E-state index is 14.2. The van der Waals surface area contributed by atoms with E-state index >= 15 is 0 Å². The van der Waals surface area contributed by atoms with E-state index in [1.807, 2.05) is 0 Å². The number of hydrogen-bond acceptors (Lipinski definition) is 5. The van der Waals surface area contributed by atoms with Crippen LogP contribution in [0.1, 0.15) is 31.6 Å². The average molecular weight is 337 g/mol. The molecule has 2 aromatic rings. The fraction of sp³-hybridized carbons (Fsp3) is 0.529. The maximum absolute atomic E-state index is 14.2. The summed E-state index contributed by atoms with van der Waals surface area (Å²) in [5, 5.41) is 6.88. The third kappa shape index (κ3) is 4.08. The third-order valence-corrected chi connectivity index (χ3v) is 4.25. The van der Waals surface area contributed by atoms with Crippen LogP contribution in [0, 0.1) is 24.5 Å². The van der Waals surface area contributed by atoms with Crippen LogP contribution in [-0.4, -0.2) is 29.8 Å². The lowest BCUT2D eigenvalue weighted by Gasteiger charge is -2.22. The van der Waals surface area contributed by atoms with Crippen molar-refractivity contribution in [2.75, 3.05) is 19.7 Å². The van der Waals surface area contributed by atoms with Crippen LogP contribution in [0.3, 0.4) is 0 Å². The van der Waals surface area contributed by atoms with Gasteiger partial charge in [-0.25, -0.2) is 8.78 Å². The zero-order valence-electron chi connectivity index (χ0n) is 13.6. The van der Waals surface area contributed by atoms with Crippen LogP contribution in [0.5, 0.6) is 5.75 Å². The minimum absolute atomic E-state index is 0.0973.